The second-order valence-electron chi connectivity index (χ2n) is 4.67. The molecule has 0 aliphatic rings. The predicted molar refractivity (Wildman–Crippen MR) is 83.3 cm³/mol. The van der Waals surface area contributed by atoms with Crippen molar-refractivity contribution in [3.8, 4) is 5.75 Å². The number of carbonyl (C=O) groups is 1. The molecule has 5 heteroatoms. The molecule has 0 bridgehead atoms. The van der Waals surface area contributed by atoms with E-state index in [1.165, 1.54) is 11.3 Å². The van der Waals surface area contributed by atoms with Crippen molar-refractivity contribution >= 4 is 33.1 Å². The molecule has 0 atom stereocenters. The molecule has 4 nitrogen and oxygen atoms in total. The monoisotopic (exact) mass is 293 g/mol. The highest BCUT2D eigenvalue weighted by atomic mass is 32.1. The average molecular weight is 293 g/mol. The number of nitrogens with zero attached hydrogens (tertiary/aromatic N) is 1. The van der Waals surface area contributed by atoms with Crippen LogP contribution in [-0.4, -0.2) is 33.8 Å². The zero-order chi connectivity index (χ0) is 14.7. The van der Waals surface area contributed by atoms with Gasteiger partial charge < -0.3 is 14.4 Å². The van der Waals surface area contributed by atoms with Gasteiger partial charge in [-0.05, 0) is 24.6 Å². The molecule has 0 spiro atoms. The van der Waals surface area contributed by atoms with E-state index < -0.39 is 0 Å². The Morgan fingerprint density at radius 1 is 1.35 bits per heavy atom. The van der Waals surface area contributed by atoms with Crippen molar-refractivity contribution in [2.45, 2.75) is 13.3 Å². The minimum absolute atomic E-state index is 0.254. The Kier molecular flexibility index (Phi) is 4.49. The second-order valence-corrected chi connectivity index (χ2v) is 5.72. The molecule has 0 aliphatic carbocycles. The molecule has 0 N–H and O–H groups in total. The number of hydrogen-bond donors (Lipinski definition) is 0. The summed E-state index contributed by atoms with van der Waals surface area (Å²) in [7, 11) is 5.50. The van der Waals surface area contributed by atoms with Gasteiger partial charge in [0.05, 0.1) is 19.4 Å². The largest absolute Gasteiger partial charge is 0.497 e. The van der Waals surface area contributed by atoms with E-state index in [4.69, 9.17) is 9.47 Å². The van der Waals surface area contributed by atoms with E-state index in [0.717, 1.165) is 27.9 Å². The van der Waals surface area contributed by atoms with Crippen LogP contribution in [0.2, 0.25) is 0 Å². The molecule has 2 aromatic rings. The topological polar surface area (TPSA) is 38.8 Å². The van der Waals surface area contributed by atoms with Gasteiger partial charge in [0.1, 0.15) is 10.6 Å². The third kappa shape index (κ3) is 2.72. The van der Waals surface area contributed by atoms with Gasteiger partial charge in [0.25, 0.3) is 0 Å². The molecule has 20 heavy (non-hydrogen) atoms. The van der Waals surface area contributed by atoms with Crippen LogP contribution >= 0.6 is 11.3 Å². The molecule has 0 radical (unpaired) electrons. The molecule has 1 aromatic carbocycles. The molecule has 0 saturated heterocycles. The summed E-state index contributed by atoms with van der Waals surface area (Å²) in [5, 5.41) is 1.05. The lowest BCUT2D eigenvalue weighted by Gasteiger charge is -2.13. The third-order valence-corrected chi connectivity index (χ3v) is 4.06. The fourth-order valence-electron chi connectivity index (χ4n) is 2.03. The summed E-state index contributed by atoms with van der Waals surface area (Å²) in [4.78, 5) is 14.8. The first kappa shape index (κ1) is 14.7. The van der Waals surface area contributed by atoms with Gasteiger partial charge in [-0.2, -0.15) is 0 Å². The maximum Gasteiger partial charge on any atom is 0.350 e. The fraction of sp³-hybridized carbons (Fsp3) is 0.400. The highest BCUT2D eigenvalue weighted by Crippen LogP contribution is 2.39. The van der Waals surface area contributed by atoms with Crippen molar-refractivity contribution < 1.29 is 14.3 Å². The molecule has 1 heterocycles. The predicted octanol–water partition coefficient (Wildman–Crippen LogP) is 3.54. The smallest absolute Gasteiger partial charge is 0.350 e. The van der Waals surface area contributed by atoms with Gasteiger partial charge in [-0.15, -0.1) is 11.3 Å². The molecule has 0 saturated carbocycles. The summed E-state index contributed by atoms with van der Waals surface area (Å²) in [6.07, 6.45) is 0.821. The Morgan fingerprint density at radius 2 is 2.10 bits per heavy atom. The summed E-state index contributed by atoms with van der Waals surface area (Å²) < 4.78 is 11.5. The van der Waals surface area contributed by atoms with Gasteiger partial charge in [0.2, 0.25) is 0 Å². The fourth-order valence-corrected chi connectivity index (χ4v) is 3.23. The zero-order valence-electron chi connectivity index (χ0n) is 12.2. The van der Waals surface area contributed by atoms with Crippen LogP contribution in [0.5, 0.6) is 5.75 Å². The lowest BCUT2D eigenvalue weighted by molar-refractivity contribution is 0.0511. The first-order valence-corrected chi connectivity index (χ1v) is 7.35. The maximum atomic E-state index is 12.2. The lowest BCUT2D eigenvalue weighted by Crippen LogP contribution is -2.13. The van der Waals surface area contributed by atoms with Crippen LogP contribution in [0.3, 0.4) is 0 Å². The molecule has 0 fully saturated rings. The summed E-state index contributed by atoms with van der Waals surface area (Å²) in [6, 6.07) is 5.84. The van der Waals surface area contributed by atoms with Crippen molar-refractivity contribution in [3.63, 3.8) is 0 Å². The van der Waals surface area contributed by atoms with Gasteiger partial charge >= 0.3 is 5.97 Å². The van der Waals surface area contributed by atoms with E-state index in [9.17, 15) is 4.79 Å². The average Bonchev–Trinajstić information content (AvgIpc) is 2.82. The summed E-state index contributed by atoms with van der Waals surface area (Å²) in [5.74, 6) is 0.535. The van der Waals surface area contributed by atoms with Crippen molar-refractivity contribution in [2.24, 2.45) is 0 Å². The molecule has 2 rings (SSSR count). The van der Waals surface area contributed by atoms with Crippen LogP contribution in [-0.2, 0) is 4.74 Å². The number of carbonyl (C=O) groups excluding carboxylic acids is 1. The van der Waals surface area contributed by atoms with Crippen molar-refractivity contribution in [1.82, 2.24) is 0 Å². The molecule has 0 aliphatic heterocycles. The molecular weight excluding hydrogens is 274 g/mol. The normalized spacial score (nSPS) is 10.6. The van der Waals surface area contributed by atoms with Crippen molar-refractivity contribution in [1.29, 1.82) is 0 Å². The van der Waals surface area contributed by atoms with Crippen LogP contribution in [0.15, 0.2) is 18.2 Å². The lowest BCUT2D eigenvalue weighted by atomic mass is 10.2. The van der Waals surface area contributed by atoms with Crippen LogP contribution in [0.25, 0.3) is 10.1 Å². The summed E-state index contributed by atoms with van der Waals surface area (Å²) in [6.45, 7) is 2.43. The summed E-state index contributed by atoms with van der Waals surface area (Å²) in [5.41, 5.74) is 0.911. The SMILES string of the molecule is CCCOC(=O)c1sc2cc(OC)ccc2c1N(C)C. The maximum absolute atomic E-state index is 12.2. The standard InChI is InChI=1S/C15H19NO3S/c1-5-8-19-15(17)14-13(16(2)3)11-7-6-10(18-4)9-12(11)20-14/h6-7,9H,5,8H2,1-4H3. The Bertz CT molecular complexity index is 619. The minimum Gasteiger partial charge on any atom is -0.497 e. The van der Waals surface area contributed by atoms with Crippen LogP contribution < -0.4 is 9.64 Å². The summed E-state index contributed by atoms with van der Waals surface area (Å²) >= 11 is 1.44. The van der Waals surface area contributed by atoms with Crippen LogP contribution in [0.4, 0.5) is 5.69 Å². The quantitative estimate of drug-likeness (QED) is 0.790. The molecule has 108 valence electrons. The number of anilines is 1. The Morgan fingerprint density at radius 3 is 2.70 bits per heavy atom. The number of rotatable bonds is 5. The van der Waals surface area contributed by atoms with E-state index in [0.29, 0.717) is 11.5 Å². The Labute approximate surface area is 122 Å². The Balaban J connectivity index is 2.52. The third-order valence-electron chi connectivity index (χ3n) is 2.94. The number of benzene rings is 1. The second kappa shape index (κ2) is 6.13. The number of fused-ring (bicyclic) bond motifs is 1. The minimum atomic E-state index is -0.254. The van der Waals surface area contributed by atoms with E-state index in [1.807, 2.05) is 44.1 Å². The number of thiophene rings is 1. The number of esters is 1. The van der Waals surface area contributed by atoms with Crippen molar-refractivity contribution in [2.75, 3.05) is 32.7 Å². The molecular formula is C15H19NO3S. The van der Waals surface area contributed by atoms with Crippen LogP contribution in [0.1, 0.15) is 23.0 Å². The van der Waals surface area contributed by atoms with E-state index in [-0.39, 0.29) is 5.97 Å². The highest BCUT2D eigenvalue weighted by molar-refractivity contribution is 7.21. The van der Waals surface area contributed by atoms with Gasteiger partial charge in [0, 0.05) is 24.2 Å². The van der Waals surface area contributed by atoms with Gasteiger partial charge in [-0.25, -0.2) is 4.79 Å². The zero-order valence-corrected chi connectivity index (χ0v) is 13.0. The van der Waals surface area contributed by atoms with E-state index in [1.54, 1.807) is 7.11 Å². The van der Waals surface area contributed by atoms with E-state index >= 15 is 0 Å². The first-order valence-electron chi connectivity index (χ1n) is 6.53. The number of methoxy groups -OCH3 is 1. The number of hydrogen-bond acceptors (Lipinski definition) is 5. The van der Waals surface area contributed by atoms with Crippen LogP contribution in [0, 0.1) is 0 Å². The molecule has 0 unspecified atom stereocenters. The van der Waals surface area contributed by atoms with Gasteiger partial charge in [0.15, 0.2) is 0 Å². The van der Waals surface area contributed by atoms with Gasteiger partial charge in [-0.3, -0.25) is 0 Å². The van der Waals surface area contributed by atoms with Crippen molar-refractivity contribution in [3.05, 3.63) is 23.1 Å². The number of ether oxygens (including phenoxy) is 2. The Hall–Kier alpha value is -1.75. The first-order chi connectivity index (χ1) is 9.58. The highest BCUT2D eigenvalue weighted by Gasteiger charge is 2.21. The molecule has 0 amide bonds. The molecule has 1 aromatic heterocycles. The van der Waals surface area contributed by atoms with E-state index in [2.05, 4.69) is 0 Å². The van der Waals surface area contributed by atoms with Gasteiger partial charge in [-0.1, -0.05) is 6.92 Å².